The van der Waals surface area contributed by atoms with Gasteiger partial charge in [0.05, 0.1) is 29.6 Å². The number of piperidine rings is 1. The number of nitrogens with zero attached hydrogens (tertiary/aromatic N) is 5. The molecule has 0 bridgehead atoms. The van der Waals surface area contributed by atoms with E-state index in [0.29, 0.717) is 36.7 Å². The molecule has 9 nitrogen and oxygen atoms in total. The quantitative estimate of drug-likeness (QED) is 0.457. The molecular formula is C24H30ClN5O4S. The Morgan fingerprint density at radius 1 is 1.03 bits per heavy atom. The van der Waals surface area contributed by atoms with Crippen LogP contribution in [-0.2, 0) is 19.6 Å². The summed E-state index contributed by atoms with van der Waals surface area (Å²) in [4.78, 5) is 12.2. The van der Waals surface area contributed by atoms with Crippen LogP contribution in [0.25, 0.3) is 17.1 Å². The van der Waals surface area contributed by atoms with E-state index < -0.39 is 10.0 Å². The fourth-order valence-electron chi connectivity index (χ4n) is 4.26. The van der Waals surface area contributed by atoms with Gasteiger partial charge in [-0.25, -0.2) is 13.1 Å². The number of ether oxygens (including phenoxy) is 1. The summed E-state index contributed by atoms with van der Waals surface area (Å²) >= 11 is 0. The minimum Gasteiger partial charge on any atom is -0.466 e. The molecule has 0 spiro atoms. The Balaban J connectivity index is 0.00000342. The van der Waals surface area contributed by atoms with Gasteiger partial charge in [-0.15, -0.1) is 22.6 Å². The van der Waals surface area contributed by atoms with Crippen molar-refractivity contribution in [2.75, 3.05) is 19.7 Å². The van der Waals surface area contributed by atoms with Crippen LogP contribution in [0.3, 0.4) is 0 Å². The summed E-state index contributed by atoms with van der Waals surface area (Å²) in [7, 11) is -3.78. The molecule has 1 aliphatic heterocycles. The van der Waals surface area contributed by atoms with Crippen molar-refractivity contribution in [3.8, 4) is 17.1 Å². The second-order valence-corrected chi connectivity index (χ2v) is 10.4. The lowest BCUT2D eigenvalue weighted by Gasteiger charge is -2.30. The van der Waals surface area contributed by atoms with Crippen LogP contribution in [0.1, 0.15) is 36.7 Å². The van der Waals surface area contributed by atoms with Gasteiger partial charge in [-0.3, -0.25) is 4.79 Å². The Labute approximate surface area is 212 Å². The molecule has 0 saturated carbocycles. The van der Waals surface area contributed by atoms with Gasteiger partial charge in [-0.2, -0.15) is 9.40 Å². The van der Waals surface area contributed by atoms with Gasteiger partial charge in [0.15, 0.2) is 5.82 Å². The van der Waals surface area contributed by atoms with Crippen molar-refractivity contribution in [1.82, 2.24) is 24.3 Å². The first-order valence-corrected chi connectivity index (χ1v) is 12.8. The second-order valence-electron chi connectivity index (χ2n) is 8.48. The number of carbonyl (C=O) groups is 1. The maximum absolute atomic E-state index is 13.5. The van der Waals surface area contributed by atoms with Gasteiger partial charge < -0.3 is 4.74 Å². The van der Waals surface area contributed by atoms with E-state index in [1.807, 2.05) is 37.3 Å². The van der Waals surface area contributed by atoms with Crippen LogP contribution in [0.4, 0.5) is 0 Å². The fourth-order valence-corrected chi connectivity index (χ4v) is 6.09. The number of carbonyl (C=O) groups excluding carboxylic acids is 1. The third-order valence-corrected chi connectivity index (χ3v) is 8.26. The molecule has 1 fully saturated rings. The van der Waals surface area contributed by atoms with E-state index in [9.17, 15) is 13.2 Å². The molecule has 188 valence electrons. The van der Waals surface area contributed by atoms with E-state index in [2.05, 4.69) is 15.3 Å². The lowest BCUT2D eigenvalue weighted by atomic mass is 9.98. The molecule has 3 heterocycles. The second kappa shape index (κ2) is 10.8. The van der Waals surface area contributed by atoms with Crippen molar-refractivity contribution in [3.63, 3.8) is 0 Å². The number of halogens is 1. The molecular weight excluding hydrogens is 490 g/mol. The number of esters is 1. The fraction of sp³-hybridized carbons (Fsp3) is 0.417. The summed E-state index contributed by atoms with van der Waals surface area (Å²) in [5.74, 6) is -0.0787. The van der Waals surface area contributed by atoms with E-state index >= 15 is 0 Å². The predicted octanol–water partition coefficient (Wildman–Crippen LogP) is 3.64. The van der Waals surface area contributed by atoms with Crippen molar-refractivity contribution in [2.24, 2.45) is 5.92 Å². The Morgan fingerprint density at radius 3 is 2.26 bits per heavy atom. The van der Waals surface area contributed by atoms with Crippen molar-refractivity contribution >= 4 is 28.4 Å². The third kappa shape index (κ3) is 5.39. The molecule has 0 radical (unpaired) electrons. The van der Waals surface area contributed by atoms with Crippen LogP contribution in [0.15, 0.2) is 41.3 Å². The predicted molar refractivity (Wildman–Crippen MR) is 134 cm³/mol. The Kier molecular flexibility index (Phi) is 8.30. The van der Waals surface area contributed by atoms with Crippen LogP contribution < -0.4 is 0 Å². The maximum atomic E-state index is 13.5. The number of hydrogen-bond acceptors (Lipinski definition) is 7. The smallest absolute Gasteiger partial charge is 0.309 e. The highest BCUT2D eigenvalue weighted by Crippen LogP contribution is 2.29. The summed E-state index contributed by atoms with van der Waals surface area (Å²) in [6.45, 7) is 8.03. The summed E-state index contributed by atoms with van der Waals surface area (Å²) in [5.41, 5.74) is 3.71. The average Bonchev–Trinajstić information content (AvgIpc) is 3.14. The van der Waals surface area contributed by atoms with Gasteiger partial charge in [0.1, 0.15) is 4.90 Å². The SMILES string of the molecule is CCOC(=O)C1CCN(S(=O)(=O)c2c(C)nn(-c3ccc(-c4ccc(C)cc4)nn3)c2C)CC1.Cl. The zero-order chi connectivity index (χ0) is 24.5. The third-order valence-electron chi connectivity index (χ3n) is 6.11. The number of benzene rings is 1. The largest absolute Gasteiger partial charge is 0.466 e. The molecule has 0 N–H and O–H groups in total. The molecule has 0 aliphatic carbocycles. The minimum absolute atomic E-state index is 0. The molecule has 4 rings (SSSR count). The molecule has 0 amide bonds. The van der Waals surface area contributed by atoms with E-state index in [4.69, 9.17) is 4.74 Å². The summed E-state index contributed by atoms with van der Waals surface area (Å²) in [6, 6.07) is 11.6. The monoisotopic (exact) mass is 519 g/mol. The van der Waals surface area contributed by atoms with Crippen molar-refractivity contribution < 1.29 is 17.9 Å². The highest BCUT2D eigenvalue weighted by atomic mass is 35.5. The van der Waals surface area contributed by atoms with Gasteiger partial charge in [0, 0.05) is 18.7 Å². The van der Waals surface area contributed by atoms with E-state index in [0.717, 1.165) is 16.8 Å². The normalized spacial score (nSPS) is 15.0. The van der Waals surface area contributed by atoms with Gasteiger partial charge >= 0.3 is 5.97 Å². The van der Waals surface area contributed by atoms with Crippen molar-refractivity contribution in [3.05, 3.63) is 53.3 Å². The minimum atomic E-state index is -3.78. The van der Waals surface area contributed by atoms with Gasteiger partial charge in [-0.05, 0) is 52.7 Å². The summed E-state index contributed by atoms with van der Waals surface area (Å²) < 4.78 is 35.0. The Hall–Kier alpha value is -2.82. The molecule has 0 unspecified atom stereocenters. The Morgan fingerprint density at radius 2 is 1.69 bits per heavy atom. The van der Waals surface area contributed by atoms with Crippen LogP contribution >= 0.6 is 12.4 Å². The van der Waals surface area contributed by atoms with Crippen LogP contribution in [0.5, 0.6) is 0 Å². The van der Waals surface area contributed by atoms with Crippen LogP contribution in [0.2, 0.25) is 0 Å². The molecule has 11 heteroatoms. The van der Waals surface area contributed by atoms with Crippen LogP contribution in [0, 0.1) is 26.7 Å². The zero-order valence-corrected chi connectivity index (χ0v) is 21.9. The lowest BCUT2D eigenvalue weighted by Crippen LogP contribution is -2.40. The zero-order valence-electron chi connectivity index (χ0n) is 20.3. The molecule has 1 aromatic carbocycles. The first-order valence-electron chi connectivity index (χ1n) is 11.4. The van der Waals surface area contributed by atoms with E-state index in [-0.39, 0.29) is 42.3 Å². The molecule has 2 aromatic heterocycles. The first kappa shape index (κ1) is 26.8. The maximum Gasteiger partial charge on any atom is 0.309 e. The lowest BCUT2D eigenvalue weighted by molar-refractivity contribution is -0.149. The standard InChI is InChI=1S/C24H29N5O4S.ClH/c1-5-33-24(30)20-12-14-28(15-13-20)34(31,32)23-17(3)27-29(18(23)4)22-11-10-21(25-26-22)19-8-6-16(2)7-9-19;/h6-11,20H,5,12-15H2,1-4H3;1H. The average molecular weight is 520 g/mol. The number of aryl methyl sites for hydroxylation is 2. The van der Waals surface area contributed by atoms with Crippen molar-refractivity contribution in [2.45, 2.75) is 45.4 Å². The highest BCUT2D eigenvalue weighted by Gasteiger charge is 2.36. The summed E-state index contributed by atoms with van der Waals surface area (Å²) in [6.07, 6.45) is 0.881. The Bertz CT molecular complexity index is 1280. The summed E-state index contributed by atoms with van der Waals surface area (Å²) in [5, 5.41) is 13.1. The van der Waals surface area contributed by atoms with E-state index in [1.54, 1.807) is 26.8 Å². The first-order chi connectivity index (χ1) is 16.2. The number of sulfonamides is 1. The molecule has 1 saturated heterocycles. The molecule has 1 aliphatic rings. The molecule has 3 aromatic rings. The highest BCUT2D eigenvalue weighted by molar-refractivity contribution is 7.89. The van der Waals surface area contributed by atoms with Crippen molar-refractivity contribution in [1.29, 1.82) is 0 Å². The molecule has 35 heavy (non-hydrogen) atoms. The van der Waals surface area contributed by atoms with Crippen LogP contribution in [-0.4, -0.2) is 58.4 Å². The number of aromatic nitrogens is 4. The number of rotatable bonds is 6. The topological polar surface area (TPSA) is 107 Å². The van der Waals surface area contributed by atoms with Gasteiger partial charge in [0.25, 0.3) is 0 Å². The number of hydrogen-bond donors (Lipinski definition) is 0. The molecule has 0 atom stereocenters. The van der Waals surface area contributed by atoms with Gasteiger partial charge in [-0.1, -0.05) is 29.8 Å². The van der Waals surface area contributed by atoms with Gasteiger partial charge in [0.2, 0.25) is 10.0 Å². The van der Waals surface area contributed by atoms with E-state index in [1.165, 1.54) is 8.99 Å².